The predicted molar refractivity (Wildman–Crippen MR) is 81.1 cm³/mol. The van der Waals surface area contributed by atoms with E-state index in [9.17, 15) is 4.79 Å². The molecule has 0 amide bonds. The van der Waals surface area contributed by atoms with E-state index in [0.717, 1.165) is 31.7 Å². The number of nitrogens with one attached hydrogen (secondary N) is 1. The van der Waals surface area contributed by atoms with Crippen molar-refractivity contribution in [3.63, 3.8) is 0 Å². The highest BCUT2D eigenvalue weighted by Crippen LogP contribution is 2.36. The van der Waals surface area contributed by atoms with Crippen molar-refractivity contribution in [2.45, 2.75) is 33.1 Å². The number of hydrogen-bond acceptors (Lipinski definition) is 3. The summed E-state index contributed by atoms with van der Waals surface area (Å²) in [5.74, 6) is 1.67. The topological polar surface area (TPSA) is 38.3 Å². The van der Waals surface area contributed by atoms with Crippen LogP contribution in [0.15, 0.2) is 24.3 Å². The number of rotatable bonds is 6. The first-order valence-corrected chi connectivity index (χ1v) is 7.45. The van der Waals surface area contributed by atoms with Gasteiger partial charge in [-0.05, 0) is 43.0 Å². The predicted octanol–water partition coefficient (Wildman–Crippen LogP) is 2.83. The summed E-state index contributed by atoms with van der Waals surface area (Å²) in [6.07, 6.45) is 2.43. The van der Waals surface area contributed by atoms with Crippen molar-refractivity contribution in [3.05, 3.63) is 29.8 Å². The highest BCUT2D eigenvalue weighted by atomic mass is 16.5. The second-order valence-corrected chi connectivity index (χ2v) is 6.01. The Morgan fingerprint density at radius 1 is 1.35 bits per heavy atom. The van der Waals surface area contributed by atoms with Gasteiger partial charge in [0.15, 0.2) is 0 Å². The first-order valence-electron chi connectivity index (χ1n) is 7.45. The van der Waals surface area contributed by atoms with Gasteiger partial charge in [-0.2, -0.15) is 0 Å². The third-order valence-electron chi connectivity index (χ3n) is 4.65. The average molecular weight is 275 g/mol. The van der Waals surface area contributed by atoms with Crippen molar-refractivity contribution in [3.8, 4) is 5.75 Å². The average Bonchev–Trinajstić information content (AvgIpc) is 2.96. The van der Waals surface area contributed by atoms with E-state index in [2.05, 4.69) is 19.2 Å². The lowest BCUT2D eigenvalue weighted by Crippen LogP contribution is -2.38. The minimum absolute atomic E-state index is 0.146. The summed E-state index contributed by atoms with van der Waals surface area (Å²) in [6.45, 7) is 6.13. The number of hydrogen-bond donors (Lipinski definition) is 1. The van der Waals surface area contributed by atoms with E-state index in [1.807, 2.05) is 24.3 Å². The molecule has 0 saturated carbocycles. The maximum Gasteiger partial charge on any atom is 0.140 e. The molecule has 1 fully saturated rings. The minimum Gasteiger partial charge on any atom is -0.497 e. The molecule has 1 aromatic carbocycles. The molecule has 0 spiro atoms. The largest absolute Gasteiger partial charge is 0.497 e. The van der Waals surface area contributed by atoms with Crippen LogP contribution in [0.5, 0.6) is 5.75 Å². The summed E-state index contributed by atoms with van der Waals surface area (Å²) < 4.78 is 5.15. The number of carbonyl (C=O) groups excluding carboxylic acids is 1. The van der Waals surface area contributed by atoms with E-state index < -0.39 is 0 Å². The Balaban J connectivity index is 1.96. The molecule has 1 aromatic rings. The van der Waals surface area contributed by atoms with Gasteiger partial charge in [0.1, 0.15) is 11.5 Å². The molecule has 0 aromatic heterocycles. The van der Waals surface area contributed by atoms with Crippen molar-refractivity contribution in [1.82, 2.24) is 5.32 Å². The molecule has 1 heterocycles. The van der Waals surface area contributed by atoms with Gasteiger partial charge in [0.05, 0.1) is 7.11 Å². The molecule has 0 radical (unpaired) electrons. The lowest BCUT2D eigenvalue weighted by Gasteiger charge is -2.31. The van der Waals surface area contributed by atoms with Crippen LogP contribution in [-0.2, 0) is 11.2 Å². The summed E-state index contributed by atoms with van der Waals surface area (Å²) in [4.78, 5) is 12.6. The van der Waals surface area contributed by atoms with Crippen LogP contribution in [0.3, 0.4) is 0 Å². The van der Waals surface area contributed by atoms with E-state index in [-0.39, 0.29) is 5.41 Å². The summed E-state index contributed by atoms with van der Waals surface area (Å²) in [5, 5.41) is 3.35. The molecule has 1 N–H and O–H groups in total. The fourth-order valence-electron chi connectivity index (χ4n) is 3.06. The lowest BCUT2D eigenvalue weighted by atomic mass is 9.71. The zero-order chi connectivity index (χ0) is 14.6. The molecule has 1 atom stereocenters. The molecule has 1 unspecified atom stereocenters. The molecule has 3 nitrogen and oxygen atoms in total. The van der Waals surface area contributed by atoms with Crippen LogP contribution in [0.4, 0.5) is 0 Å². The zero-order valence-electron chi connectivity index (χ0n) is 12.7. The van der Waals surface area contributed by atoms with Gasteiger partial charge in [-0.3, -0.25) is 4.79 Å². The van der Waals surface area contributed by atoms with Crippen LogP contribution in [0, 0.1) is 11.3 Å². The van der Waals surface area contributed by atoms with Gasteiger partial charge < -0.3 is 10.1 Å². The second kappa shape index (κ2) is 6.40. The molecule has 110 valence electrons. The van der Waals surface area contributed by atoms with E-state index in [1.165, 1.54) is 5.56 Å². The second-order valence-electron chi connectivity index (χ2n) is 6.01. The van der Waals surface area contributed by atoms with Gasteiger partial charge in [0.25, 0.3) is 0 Å². The molecular formula is C17H25NO2. The highest BCUT2D eigenvalue weighted by molar-refractivity contribution is 5.86. The first-order chi connectivity index (χ1) is 9.58. The monoisotopic (exact) mass is 275 g/mol. The smallest absolute Gasteiger partial charge is 0.140 e. The molecule has 1 aliphatic rings. The first kappa shape index (κ1) is 15.0. The minimum atomic E-state index is -0.146. The van der Waals surface area contributed by atoms with Crippen LogP contribution in [0.25, 0.3) is 0 Å². The number of methoxy groups -OCH3 is 1. The summed E-state index contributed by atoms with van der Waals surface area (Å²) in [6, 6.07) is 7.99. The van der Waals surface area contributed by atoms with Crippen LogP contribution in [0.2, 0.25) is 0 Å². The molecule has 3 heteroatoms. The molecule has 0 bridgehead atoms. The summed E-state index contributed by atoms with van der Waals surface area (Å²) in [5.41, 5.74) is 1.05. The number of carbonyl (C=O) groups is 1. The van der Waals surface area contributed by atoms with Crippen molar-refractivity contribution in [2.24, 2.45) is 11.3 Å². The van der Waals surface area contributed by atoms with Crippen LogP contribution >= 0.6 is 0 Å². The molecular weight excluding hydrogens is 250 g/mol. The van der Waals surface area contributed by atoms with E-state index in [4.69, 9.17) is 4.74 Å². The molecule has 1 saturated heterocycles. The van der Waals surface area contributed by atoms with Crippen LogP contribution in [-0.4, -0.2) is 26.0 Å². The molecule has 0 aliphatic carbocycles. The van der Waals surface area contributed by atoms with E-state index >= 15 is 0 Å². The van der Waals surface area contributed by atoms with Crippen molar-refractivity contribution in [1.29, 1.82) is 0 Å². The quantitative estimate of drug-likeness (QED) is 0.867. The van der Waals surface area contributed by atoms with E-state index in [1.54, 1.807) is 7.11 Å². The molecule has 1 aliphatic heterocycles. The number of ether oxygens (including phenoxy) is 1. The molecule has 2 rings (SSSR count). The van der Waals surface area contributed by atoms with Crippen molar-refractivity contribution in [2.75, 3.05) is 20.2 Å². The maximum atomic E-state index is 12.6. The number of aryl methyl sites for hydroxylation is 1. The SMILES string of the molecule is COc1ccc(CCC(=O)C2(C(C)C)CCNC2)cc1. The van der Waals surface area contributed by atoms with Crippen molar-refractivity contribution >= 4 is 5.78 Å². The van der Waals surface area contributed by atoms with Gasteiger partial charge in [-0.15, -0.1) is 0 Å². The Kier molecular flexibility index (Phi) is 4.81. The number of benzene rings is 1. The summed E-state index contributed by atoms with van der Waals surface area (Å²) in [7, 11) is 1.66. The Hall–Kier alpha value is -1.35. The Bertz CT molecular complexity index is 445. The molecule has 20 heavy (non-hydrogen) atoms. The van der Waals surface area contributed by atoms with E-state index in [0.29, 0.717) is 18.1 Å². The standard InChI is InChI=1S/C17H25NO2/c1-13(2)17(10-11-18-12-17)16(19)9-6-14-4-7-15(20-3)8-5-14/h4-5,7-8,13,18H,6,9-12H2,1-3H3. The number of ketones is 1. The highest BCUT2D eigenvalue weighted by Gasteiger charge is 2.42. The normalized spacial score (nSPS) is 22.2. The third-order valence-corrected chi connectivity index (χ3v) is 4.65. The fourth-order valence-corrected chi connectivity index (χ4v) is 3.06. The van der Waals surface area contributed by atoms with Gasteiger partial charge in [-0.25, -0.2) is 0 Å². The Labute approximate surface area is 121 Å². The number of Topliss-reactive ketones (excluding diaryl/α,β-unsaturated/α-hetero) is 1. The lowest BCUT2D eigenvalue weighted by molar-refractivity contribution is -0.130. The Morgan fingerprint density at radius 3 is 2.55 bits per heavy atom. The van der Waals surface area contributed by atoms with Crippen molar-refractivity contribution < 1.29 is 9.53 Å². The van der Waals surface area contributed by atoms with Gasteiger partial charge in [-0.1, -0.05) is 26.0 Å². The zero-order valence-corrected chi connectivity index (χ0v) is 12.7. The van der Waals surface area contributed by atoms with Gasteiger partial charge >= 0.3 is 0 Å². The maximum absolute atomic E-state index is 12.6. The van der Waals surface area contributed by atoms with Gasteiger partial charge in [0.2, 0.25) is 0 Å². The Morgan fingerprint density at radius 2 is 2.05 bits per heavy atom. The van der Waals surface area contributed by atoms with Crippen LogP contribution < -0.4 is 10.1 Å². The van der Waals surface area contributed by atoms with Crippen LogP contribution in [0.1, 0.15) is 32.3 Å². The fraction of sp³-hybridized carbons (Fsp3) is 0.588. The third kappa shape index (κ3) is 3.04. The summed E-state index contributed by atoms with van der Waals surface area (Å²) >= 11 is 0. The van der Waals surface area contributed by atoms with Gasteiger partial charge in [0, 0.05) is 18.4 Å².